The first kappa shape index (κ1) is 14.2. The second-order valence-corrected chi connectivity index (χ2v) is 6.00. The molecule has 0 aliphatic heterocycles. The van der Waals surface area contributed by atoms with E-state index in [-0.39, 0.29) is 11.7 Å². The molecule has 0 unspecified atom stereocenters. The van der Waals surface area contributed by atoms with E-state index in [9.17, 15) is 9.90 Å². The molecule has 6 nitrogen and oxygen atoms in total. The molecular formula is C14H17N3O3S. The van der Waals surface area contributed by atoms with Gasteiger partial charge in [-0.05, 0) is 30.5 Å². The Bertz CT molecular complexity index is 678. The summed E-state index contributed by atoms with van der Waals surface area (Å²) in [7, 11) is 1.60. The second kappa shape index (κ2) is 5.95. The van der Waals surface area contributed by atoms with Crippen molar-refractivity contribution in [1.29, 1.82) is 0 Å². The first-order chi connectivity index (χ1) is 10.2. The molecule has 1 fully saturated rings. The lowest BCUT2D eigenvalue weighted by Gasteiger charge is -2.11. The smallest absolute Gasteiger partial charge is 0.344 e. The predicted octanol–water partition coefficient (Wildman–Crippen LogP) is 1.74. The van der Waals surface area contributed by atoms with Gasteiger partial charge >= 0.3 is 5.69 Å². The standard InChI is InChI=1S/C14H17N3O3S/c1-20-11-4-2-3-9(7-11)12(18)8-21-14-16-15-13(19)17(14)10-5-6-10/h2-4,7,10,12,18H,5-6,8H2,1H3,(H,15,19)/t12-/m0/s1. The SMILES string of the molecule is COc1cccc([C@@H](O)CSc2n[nH]c(=O)n2C2CC2)c1. The molecule has 2 aromatic rings. The van der Waals surface area contributed by atoms with Gasteiger partial charge in [-0.25, -0.2) is 9.89 Å². The summed E-state index contributed by atoms with van der Waals surface area (Å²) in [5.41, 5.74) is 0.619. The minimum atomic E-state index is -0.635. The summed E-state index contributed by atoms with van der Waals surface area (Å²) in [5, 5.41) is 17.4. The molecule has 1 atom stereocenters. The van der Waals surface area contributed by atoms with E-state index in [0.717, 1.165) is 18.4 Å². The van der Waals surface area contributed by atoms with Crippen LogP contribution in [0.5, 0.6) is 5.75 Å². The van der Waals surface area contributed by atoms with E-state index in [1.165, 1.54) is 11.8 Å². The Labute approximate surface area is 126 Å². The molecule has 1 aliphatic rings. The van der Waals surface area contributed by atoms with Crippen LogP contribution in [0.3, 0.4) is 0 Å². The first-order valence-electron chi connectivity index (χ1n) is 6.80. The van der Waals surface area contributed by atoms with Crippen molar-refractivity contribution in [3.63, 3.8) is 0 Å². The fourth-order valence-electron chi connectivity index (χ4n) is 2.15. The molecule has 0 saturated heterocycles. The van der Waals surface area contributed by atoms with Crippen LogP contribution in [0, 0.1) is 0 Å². The number of aromatic nitrogens is 3. The minimum Gasteiger partial charge on any atom is -0.497 e. The van der Waals surface area contributed by atoms with Crippen molar-refractivity contribution in [3.05, 3.63) is 40.3 Å². The largest absolute Gasteiger partial charge is 0.497 e. The van der Waals surface area contributed by atoms with Crippen molar-refractivity contribution in [2.45, 2.75) is 30.1 Å². The van der Waals surface area contributed by atoms with Crippen LogP contribution in [0.15, 0.2) is 34.2 Å². The maximum Gasteiger partial charge on any atom is 0.344 e. The van der Waals surface area contributed by atoms with Crippen molar-refractivity contribution >= 4 is 11.8 Å². The molecule has 2 N–H and O–H groups in total. The van der Waals surface area contributed by atoms with Gasteiger partial charge in [-0.2, -0.15) is 0 Å². The number of aliphatic hydroxyl groups excluding tert-OH is 1. The van der Waals surface area contributed by atoms with Crippen LogP contribution in [-0.4, -0.2) is 32.7 Å². The third-order valence-electron chi connectivity index (χ3n) is 3.43. The number of aliphatic hydroxyl groups is 1. The molecule has 112 valence electrons. The number of methoxy groups -OCH3 is 1. The van der Waals surface area contributed by atoms with Crippen LogP contribution in [0.2, 0.25) is 0 Å². The Morgan fingerprint density at radius 1 is 1.57 bits per heavy atom. The number of nitrogens with one attached hydrogen (secondary N) is 1. The molecule has 7 heteroatoms. The molecule has 21 heavy (non-hydrogen) atoms. The van der Waals surface area contributed by atoms with Gasteiger partial charge in [0.05, 0.1) is 13.2 Å². The van der Waals surface area contributed by atoms with Gasteiger partial charge in [0.15, 0.2) is 5.16 Å². The highest BCUT2D eigenvalue weighted by Crippen LogP contribution is 2.36. The van der Waals surface area contributed by atoms with Gasteiger partial charge in [0.25, 0.3) is 0 Å². The lowest BCUT2D eigenvalue weighted by Crippen LogP contribution is -2.16. The van der Waals surface area contributed by atoms with E-state index in [1.807, 2.05) is 24.3 Å². The third-order valence-corrected chi connectivity index (χ3v) is 4.46. The topological polar surface area (TPSA) is 80.1 Å². The number of aromatic amines is 1. The molecule has 1 heterocycles. The highest BCUT2D eigenvalue weighted by Gasteiger charge is 2.28. The summed E-state index contributed by atoms with van der Waals surface area (Å²) in [6.07, 6.45) is 1.40. The summed E-state index contributed by atoms with van der Waals surface area (Å²) in [5.74, 6) is 1.15. The summed E-state index contributed by atoms with van der Waals surface area (Å²) >= 11 is 1.38. The lowest BCUT2D eigenvalue weighted by molar-refractivity contribution is 0.203. The molecule has 1 saturated carbocycles. The van der Waals surface area contributed by atoms with Gasteiger partial charge in [0.2, 0.25) is 0 Å². The van der Waals surface area contributed by atoms with E-state index in [1.54, 1.807) is 11.7 Å². The number of ether oxygens (including phenoxy) is 1. The number of benzene rings is 1. The lowest BCUT2D eigenvalue weighted by atomic mass is 10.1. The van der Waals surface area contributed by atoms with E-state index in [4.69, 9.17) is 4.74 Å². The van der Waals surface area contributed by atoms with Gasteiger partial charge in [-0.3, -0.25) is 4.57 Å². The van der Waals surface area contributed by atoms with Gasteiger partial charge in [-0.15, -0.1) is 5.10 Å². The van der Waals surface area contributed by atoms with Gasteiger partial charge < -0.3 is 9.84 Å². The molecule has 1 aromatic heterocycles. The zero-order valence-electron chi connectivity index (χ0n) is 11.7. The number of rotatable bonds is 6. The van der Waals surface area contributed by atoms with Gasteiger partial charge in [0.1, 0.15) is 5.75 Å². The third kappa shape index (κ3) is 3.14. The normalized spacial score (nSPS) is 15.9. The second-order valence-electron chi connectivity index (χ2n) is 5.02. The average molecular weight is 307 g/mol. The van der Waals surface area contributed by atoms with Crippen molar-refractivity contribution in [2.24, 2.45) is 0 Å². The molecule has 1 aliphatic carbocycles. The van der Waals surface area contributed by atoms with Gasteiger partial charge in [0, 0.05) is 11.8 Å². The minimum absolute atomic E-state index is 0.170. The Morgan fingerprint density at radius 3 is 3.10 bits per heavy atom. The van der Waals surface area contributed by atoms with Crippen molar-refractivity contribution in [2.75, 3.05) is 12.9 Å². The fraction of sp³-hybridized carbons (Fsp3) is 0.429. The Morgan fingerprint density at radius 2 is 2.38 bits per heavy atom. The van der Waals surface area contributed by atoms with E-state index >= 15 is 0 Å². The Balaban J connectivity index is 1.68. The van der Waals surface area contributed by atoms with Gasteiger partial charge in [-0.1, -0.05) is 23.9 Å². The maximum absolute atomic E-state index is 11.7. The number of thioether (sulfide) groups is 1. The van der Waals surface area contributed by atoms with E-state index < -0.39 is 6.10 Å². The fourth-order valence-corrected chi connectivity index (χ4v) is 3.13. The quantitative estimate of drug-likeness (QED) is 0.795. The van der Waals surface area contributed by atoms with E-state index in [0.29, 0.717) is 16.7 Å². The molecule has 3 rings (SSSR count). The van der Waals surface area contributed by atoms with Crippen molar-refractivity contribution in [1.82, 2.24) is 14.8 Å². The molecule has 0 radical (unpaired) electrons. The van der Waals surface area contributed by atoms with E-state index in [2.05, 4.69) is 10.2 Å². The van der Waals surface area contributed by atoms with Crippen LogP contribution in [-0.2, 0) is 0 Å². The van der Waals surface area contributed by atoms with Crippen molar-refractivity contribution < 1.29 is 9.84 Å². The average Bonchev–Trinajstić information content (AvgIpc) is 3.28. The zero-order chi connectivity index (χ0) is 14.8. The molecule has 0 spiro atoms. The number of hydrogen-bond donors (Lipinski definition) is 2. The summed E-state index contributed by atoms with van der Waals surface area (Å²) in [6.45, 7) is 0. The molecule has 1 aromatic carbocycles. The number of H-pyrrole nitrogens is 1. The first-order valence-corrected chi connectivity index (χ1v) is 7.79. The summed E-state index contributed by atoms with van der Waals surface area (Å²) in [4.78, 5) is 11.7. The zero-order valence-corrected chi connectivity index (χ0v) is 12.5. The highest BCUT2D eigenvalue weighted by atomic mass is 32.2. The van der Waals surface area contributed by atoms with Crippen LogP contribution < -0.4 is 10.4 Å². The van der Waals surface area contributed by atoms with Crippen LogP contribution in [0.1, 0.15) is 30.6 Å². The van der Waals surface area contributed by atoms with Crippen LogP contribution in [0.4, 0.5) is 0 Å². The predicted molar refractivity (Wildman–Crippen MR) is 79.8 cm³/mol. The number of hydrogen-bond acceptors (Lipinski definition) is 5. The number of nitrogens with zero attached hydrogens (tertiary/aromatic N) is 2. The van der Waals surface area contributed by atoms with Crippen LogP contribution in [0.25, 0.3) is 0 Å². The molecule has 0 bridgehead atoms. The molecular weight excluding hydrogens is 290 g/mol. The molecule has 0 amide bonds. The maximum atomic E-state index is 11.7. The Kier molecular flexibility index (Phi) is 4.03. The monoisotopic (exact) mass is 307 g/mol. The summed E-state index contributed by atoms with van der Waals surface area (Å²) in [6, 6.07) is 7.61. The van der Waals surface area contributed by atoms with Crippen LogP contribution >= 0.6 is 11.8 Å². The summed E-state index contributed by atoms with van der Waals surface area (Å²) < 4.78 is 6.83. The van der Waals surface area contributed by atoms with Crippen molar-refractivity contribution in [3.8, 4) is 5.75 Å². The Hall–Kier alpha value is -1.73. The highest BCUT2D eigenvalue weighted by molar-refractivity contribution is 7.99.